The smallest absolute Gasteiger partial charge is 0.244 e. The number of morpholine rings is 1. The Labute approximate surface area is 132 Å². The first kappa shape index (κ1) is 16.9. The molecule has 1 saturated heterocycles. The Balaban J connectivity index is 2.40. The summed E-state index contributed by atoms with van der Waals surface area (Å²) >= 11 is 11.3. The molecule has 1 aliphatic rings. The SMILES string of the molecule is CC1CN(S(=O)(=O)c2ccc(Cl)c(F)c2Cl)CC(CO)O1. The predicted octanol–water partition coefficient (Wildman–Crippen LogP) is 1.90. The third-order valence-corrected chi connectivity index (χ3v) is 5.76. The lowest BCUT2D eigenvalue weighted by molar-refractivity contribution is -0.0750. The normalized spacial score (nSPS) is 24.2. The monoisotopic (exact) mass is 357 g/mol. The van der Waals surface area contributed by atoms with Gasteiger partial charge in [0.15, 0.2) is 5.82 Å². The fourth-order valence-corrected chi connectivity index (χ4v) is 4.41. The van der Waals surface area contributed by atoms with Gasteiger partial charge < -0.3 is 9.84 Å². The number of rotatable bonds is 3. The summed E-state index contributed by atoms with van der Waals surface area (Å²) < 4.78 is 45.4. The van der Waals surface area contributed by atoms with E-state index in [1.165, 1.54) is 0 Å². The van der Waals surface area contributed by atoms with Gasteiger partial charge in [-0.3, -0.25) is 0 Å². The van der Waals surface area contributed by atoms with Gasteiger partial charge >= 0.3 is 0 Å². The van der Waals surface area contributed by atoms with Crippen LogP contribution in [0.25, 0.3) is 0 Å². The lowest BCUT2D eigenvalue weighted by Crippen LogP contribution is -2.50. The first-order chi connectivity index (χ1) is 9.77. The molecule has 0 radical (unpaired) electrons. The van der Waals surface area contributed by atoms with Crippen LogP contribution in [0.1, 0.15) is 6.92 Å². The molecule has 0 aliphatic carbocycles. The average Bonchev–Trinajstić information content (AvgIpc) is 2.43. The number of aliphatic hydroxyl groups is 1. The molecule has 1 aromatic rings. The zero-order valence-electron chi connectivity index (χ0n) is 11.1. The van der Waals surface area contributed by atoms with Crippen LogP contribution in [0.5, 0.6) is 0 Å². The summed E-state index contributed by atoms with van der Waals surface area (Å²) in [5, 5.41) is 8.36. The van der Waals surface area contributed by atoms with Gasteiger partial charge in [-0.25, -0.2) is 12.8 Å². The number of hydrogen-bond acceptors (Lipinski definition) is 4. The van der Waals surface area contributed by atoms with E-state index in [0.29, 0.717) is 0 Å². The van der Waals surface area contributed by atoms with Crippen LogP contribution in [0.3, 0.4) is 0 Å². The molecule has 21 heavy (non-hydrogen) atoms. The van der Waals surface area contributed by atoms with Crippen molar-refractivity contribution in [1.82, 2.24) is 4.31 Å². The number of hydrogen-bond donors (Lipinski definition) is 1. The summed E-state index contributed by atoms with van der Waals surface area (Å²) in [5.41, 5.74) is 0. The highest BCUT2D eigenvalue weighted by Gasteiger charge is 2.35. The second kappa shape index (κ2) is 6.36. The van der Waals surface area contributed by atoms with Crippen molar-refractivity contribution in [2.45, 2.75) is 24.0 Å². The number of halogens is 3. The zero-order chi connectivity index (χ0) is 15.8. The molecule has 2 rings (SSSR count). The highest BCUT2D eigenvalue weighted by atomic mass is 35.5. The third-order valence-electron chi connectivity index (χ3n) is 3.11. The van der Waals surface area contributed by atoms with E-state index in [1.54, 1.807) is 6.92 Å². The maximum Gasteiger partial charge on any atom is 0.244 e. The lowest BCUT2D eigenvalue weighted by Gasteiger charge is -2.35. The van der Waals surface area contributed by atoms with E-state index in [0.717, 1.165) is 16.4 Å². The standard InChI is InChI=1S/C12H14Cl2FNO4S/c1-7-4-16(5-8(6-17)20-7)21(18,19)10-3-2-9(13)12(15)11(10)14/h2-3,7-8,17H,4-6H2,1H3. The van der Waals surface area contributed by atoms with Crippen molar-refractivity contribution in [3.63, 3.8) is 0 Å². The molecule has 2 unspecified atom stereocenters. The summed E-state index contributed by atoms with van der Waals surface area (Å²) in [6, 6.07) is 2.31. The summed E-state index contributed by atoms with van der Waals surface area (Å²) in [7, 11) is -4.00. The fourth-order valence-electron chi connectivity index (χ4n) is 2.15. The van der Waals surface area contributed by atoms with Crippen LogP contribution >= 0.6 is 23.2 Å². The van der Waals surface area contributed by atoms with E-state index in [2.05, 4.69) is 0 Å². The van der Waals surface area contributed by atoms with Gasteiger partial charge in [0.2, 0.25) is 10.0 Å². The fraction of sp³-hybridized carbons (Fsp3) is 0.500. The Bertz CT molecular complexity index is 640. The van der Waals surface area contributed by atoms with E-state index in [9.17, 15) is 12.8 Å². The van der Waals surface area contributed by atoms with Gasteiger partial charge in [0, 0.05) is 13.1 Å². The summed E-state index contributed by atoms with van der Waals surface area (Å²) in [6.45, 7) is 1.45. The van der Waals surface area contributed by atoms with E-state index in [4.69, 9.17) is 33.0 Å². The Morgan fingerprint density at radius 3 is 2.71 bits per heavy atom. The molecule has 0 spiro atoms. The Kier molecular flexibility index (Phi) is 5.12. The molecular formula is C12H14Cl2FNO4S. The van der Waals surface area contributed by atoms with Gasteiger partial charge in [-0.2, -0.15) is 4.31 Å². The number of ether oxygens (including phenoxy) is 1. The van der Waals surface area contributed by atoms with Crippen molar-refractivity contribution in [1.29, 1.82) is 0 Å². The van der Waals surface area contributed by atoms with Gasteiger partial charge in [0.05, 0.1) is 28.9 Å². The van der Waals surface area contributed by atoms with E-state index < -0.39 is 27.0 Å². The van der Waals surface area contributed by atoms with Crippen molar-refractivity contribution in [3.05, 3.63) is 28.0 Å². The molecule has 5 nitrogen and oxygen atoms in total. The van der Waals surface area contributed by atoms with E-state index >= 15 is 0 Å². The maximum absolute atomic E-state index is 13.7. The maximum atomic E-state index is 13.7. The van der Waals surface area contributed by atoms with Gasteiger partial charge in [-0.05, 0) is 19.1 Å². The number of benzene rings is 1. The Morgan fingerprint density at radius 2 is 2.10 bits per heavy atom. The summed E-state index contributed by atoms with van der Waals surface area (Å²) in [6.07, 6.45) is -1.01. The Morgan fingerprint density at radius 1 is 1.43 bits per heavy atom. The minimum Gasteiger partial charge on any atom is -0.394 e. The third kappa shape index (κ3) is 3.33. The summed E-state index contributed by atoms with van der Waals surface area (Å²) in [5.74, 6) is -0.973. The number of sulfonamides is 1. The van der Waals surface area contributed by atoms with Crippen LogP contribution in [0, 0.1) is 5.82 Å². The van der Waals surface area contributed by atoms with Crippen LogP contribution < -0.4 is 0 Å². The van der Waals surface area contributed by atoms with Crippen molar-refractivity contribution < 1.29 is 22.7 Å². The molecule has 118 valence electrons. The second-order valence-electron chi connectivity index (χ2n) is 4.75. The molecule has 1 N–H and O–H groups in total. The van der Waals surface area contributed by atoms with Crippen LogP contribution in [0.2, 0.25) is 10.0 Å². The number of nitrogens with zero attached hydrogens (tertiary/aromatic N) is 1. The highest BCUT2D eigenvalue weighted by Crippen LogP contribution is 2.32. The van der Waals surface area contributed by atoms with Crippen LogP contribution in [-0.2, 0) is 14.8 Å². The van der Waals surface area contributed by atoms with Crippen molar-refractivity contribution >= 4 is 33.2 Å². The van der Waals surface area contributed by atoms with E-state index in [-0.39, 0.29) is 35.7 Å². The molecule has 9 heteroatoms. The predicted molar refractivity (Wildman–Crippen MR) is 76.6 cm³/mol. The van der Waals surface area contributed by atoms with Gasteiger partial charge in [-0.15, -0.1) is 0 Å². The zero-order valence-corrected chi connectivity index (χ0v) is 13.4. The molecular weight excluding hydrogens is 344 g/mol. The number of aliphatic hydroxyl groups excluding tert-OH is 1. The highest BCUT2D eigenvalue weighted by molar-refractivity contribution is 7.89. The van der Waals surface area contributed by atoms with Crippen LogP contribution in [0.4, 0.5) is 4.39 Å². The minimum atomic E-state index is -4.00. The topological polar surface area (TPSA) is 66.8 Å². The first-order valence-electron chi connectivity index (χ1n) is 6.17. The molecule has 1 heterocycles. The van der Waals surface area contributed by atoms with Crippen molar-refractivity contribution in [2.75, 3.05) is 19.7 Å². The molecule has 0 bridgehead atoms. The molecule has 0 amide bonds. The Hall–Kier alpha value is -0.440. The molecule has 1 aromatic carbocycles. The molecule has 0 saturated carbocycles. The van der Waals surface area contributed by atoms with Crippen molar-refractivity contribution in [2.24, 2.45) is 0 Å². The molecule has 0 aromatic heterocycles. The van der Waals surface area contributed by atoms with Gasteiger partial charge in [0.1, 0.15) is 4.90 Å². The first-order valence-corrected chi connectivity index (χ1v) is 8.37. The quantitative estimate of drug-likeness (QED) is 0.839. The molecule has 1 fully saturated rings. The summed E-state index contributed by atoms with van der Waals surface area (Å²) in [4.78, 5) is -0.350. The van der Waals surface area contributed by atoms with Gasteiger partial charge in [-0.1, -0.05) is 23.2 Å². The average molecular weight is 358 g/mol. The lowest BCUT2D eigenvalue weighted by atomic mass is 10.2. The minimum absolute atomic E-state index is 0.0241. The molecule has 2 atom stereocenters. The van der Waals surface area contributed by atoms with Crippen molar-refractivity contribution in [3.8, 4) is 0 Å². The second-order valence-corrected chi connectivity index (χ2v) is 7.44. The van der Waals surface area contributed by atoms with E-state index in [1.807, 2.05) is 0 Å². The molecule has 1 aliphatic heterocycles. The van der Waals surface area contributed by atoms with Crippen LogP contribution in [0.15, 0.2) is 17.0 Å². The van der Waals surface area contributed by atoms with Gasteiger partial charge in [0.25, 0.3) is 0 Å². The van der Waals surface area contributed by atoms with Crippen LogP contribution in [-0.4, -0.2) is 49.7 Å². The largest absolute Gasteiger partial charge is 0.394 e.